The molecule has 3 rings (SSSR count). The maximum absolute atomic E-state index is 12.6. The monoisotopic (exact) mass is 400 g/mol. The minimum atomic E-state index is -0.598. The summed E-state index contributed by atoms with van der Waals surface area (Å²) in [6.45, 7) is 3.19. The third kappa shape index (κ3) is 4.59. The predicted octanol–water partition coefficient (Wildman–Crippen LogP) is 1.50. The van der Waals surface area contributed by atoms with E-state index in [1.165, 1.54) is 17.1 Å². The van der Waals surface area contributed by atoms with E-state index in [0.29, 0.717) is 32.3 Å². The van der Waals surface area contributed by atoms with Crippen molar-refractivity contribution in [1.29, 1.82) is 0 Å². The first kappa shape index (κ1) is 20.9. The number of hydrogen-bond acceptors (Lipinski definition) is 5. The van der Waals surface area contributed by atoms with Gasteiger partial charge in [-0.1, -0.05) is 30.3 Å². The second-order valence-corrected chi connectivity index (χ2v) is 7.34. The van der Waals surface area contributed by atoms with Gasteiger partial charge in [-0.25, -0.2) is 9.80 Å². The van der Waals surface area contributed by atoms with E-state index in [0.717, 1.165) is 31.6 Å². The molecule has 2 aliphatic heterocycles. The van der Waals surface area contributed by atoms with Crippen LogP contribution in [0.15, 0.2) is 42.6 Å². The third-order valence-corrected chi connectivity index (χ3v) is 5.74. The van der Waals surface area contributed by atoms with Crippen LogP contribution in [-0.4, -0.2) is 73.2 Å². The molecule has 0 radical (unpaired) electrons. The number of hydrazine groups is 1. The molecule has 0 unspecified atom stereocenters. The van der Waals surface area contributed by atoms with Gasteiger partial charge in [0.05, 0.1) is 19.1 Å². The quantitative estimate of drug-likeness (QED) is 0.528. The number of esters is 1. The molecule has 0 saturated carbocycles. The second-order valence-electron chi connectivity index (χ2n) is 7.34. The zero-order chi connectivity index (χ0) is 20.7. The molecule has 8 nitrogen and oxygen atoms in total. The molecule has 8 heteroatoms. The van der Waals surface area contributed by atoms with Crippen molar-refractivity contribution < 1.29 is 19.1 Å². The van der Waals surface area contributed by atoms with Crippen LogP contribution in [-0.2, 0) is 19.7 Å². The minimum Gasteiger partial charge on any atom is -0.468 e. The standard InChI is InChI=1S/C21H28N4O4/c1-29-19(27)21(18-7-3-2-4-8-18)9-15-23(16-10-21)12-6-13-24(17-26)25-14-5-11-22-20(25)28/h2-5,7-8,11,17H,6,9-10,12-16H2,1H3,(H,22,28). The van der Waals surface area contributed by atoms with Crippen molar-refractivity contribution in [1.82, 2.24) is 20.2 Å². The van der Waals surface area contributed by atoms with Crippen LogP contribution in [0.5, 0.6) is 0 Å². The first-order chi connectivity index (χ1) is 14.1. The molecule has 2 aliphatic rings. The zero-order valence-electron chi connectivity index (χ0n) is 16.8. The number of benzene rings is 1. The topological polar surface area (TPSA) is 82.2 Å². The Morgan fingerprint density at radius 1 is 1.28 bits per heavy atom. The molecule has 156 valence electrons. The molecule has 0 bridgehead atoms. The van der Waals surface area contributed by atoms with E-state index in [9.17, 15) is 14.4 Å². The van der Waals surface area contributed by atoms with Crippen LogP contribution in [0.1, 0.15) is 24.8 Å². The number of likely N-dealkylation sites (tertiary alicyclic amines) is 1. The Kier molecular flexibility index (Phi) is 6.87. The first-order valence-electron chi connectivity index (χ1n) is 9.92. The van der Waals surface area contributed by atoms with E-state index in [1.54, 1.807) is 12.3 Å². The van der Waals surface area contributed by atoms with Crippen molar-refractivity contribution in [3.63, 3.8) is 0 Å². The lowest BCUT2D eigenvalue weighted by Crippen LogP contribution is -2.52. The maximum Gasteiger partial charge on any atom is 0.340 e. The number of carbonyl (C=O) groups excluding carboxylic acids is 3. The summed E-state index contributed by atoms with van der Waals surface area (Å²) in [4.78, 5) is 38.2. The number of nitrogens with one attached hydrogen (secondary N) is 1. The number of piperidine rings is 1. The first-order valence-corrected chi connectivity index (χ1v) is 9.92. The highest BCUT2D eigenvalue weighted by atomic mass is 16.5. The number of amides is 3. The number of methoxy groups -OCH3 is 1. The van der Waals surface area contributed by atoms with Gasteiger partial charge in [0, 0.05) is 12.7 Å². The van der Waals surface area contributed by atoms with Gasteiger partial charge in [-0.05, 0) is 50.5 Å². The number of hydrogen-bond donors (Lipinski definition) is 1. The van der Waals surface area contributed by atoms with Crippen LogP contribution >= 0.6 is 0 Å². The molecule has 0 aliphatic carbocycles. The number of nitrogens with zero attached hydrogens (tertiary/aromatic N) is 3. The van der Waals surface area contributed by atoms with E-state index >= 15 is 0 Å². The molecular formula is C21H28N4O4. The number of ether oxygens (including phenoxy) is 1. The lowest BCUT2D eigenvalue weighted by Gasteiger charge is -2.40. The fourth-order valence-electron chi connectivity index (χ4n) is 4.07. The Morgan fingerprint density at radius 2 is 2.00 bits per heavy atom. The van der Waals surface area contributed by atoms with Crippen LogP contribution < -0.4 is 5.32 Å². The minimum absolute atomic E-state index is 0.181. The van der Waals surface area contributed by atoms with Crippen molar-refractivity contribution in [3.05, 3.63) is 48.2 Å². The molecule has 0 spiro atoms. The van der Waals surface area contributed by atoms with Crippen LogP contribution in [0, 0.1) is 0 Å². The lowest BCUT2D eigenvalue weighted by atomic mass is 9.72. The van der Waals surface area contributed by atoms with Gasteiger partial charge in [0.25, 0.3) is 0 Å². The molecule has 3 amide bonds. The SMILES string of the molecule is COC(=O)C1(c2ccccc2)CCN(CCCN(C=O)N2CC=CNC2=O)CC1. The van der Waals surface area contributed by atoms with Crippen LogP contribution in [0.3, 0.4) is 0 Å². The molecule has 29 heavy (non-hydrogen) atoms. The van der Waals surface area contributed by atoms with Crippen molar-refractivity contribution in [2.24, 2.45) is 0 Å². The Labute approximate surface area is 171 Å². The molecule has 2 heterocycles. The van der Waals surface area contributed by atoms with Gasteiger partial charge in [-0.15, -0.1) is 0 Å². The fraction of sp³-hybridized carbons (Fsp3) is 0.476. The summed E-state index contributed by atoms with van der Waals surface area (Å²) in [7, 11) is 1.44. The van der Waals surface area contributed by atoms with E-state index < -0.39 is 5.41 Å². The number of rotatable bonds is 8. The van der Waals surface area contributed by atoms with Gasteiger partial charge in [0.2, 0.25) is 6.41 Å². The molecular weight excluding hydrogens is 372 g/mol. The van der Waals surface area contributed by atoms with Crippen molar-refractivity contribution in [3.8, 4) is 0 Å². The van der Waals surface area contributed by atoms with Crippen molar-refractivity contribution >= 4 is 18.4 Å². The molecule has 0 atom stereocenters. The van der Waals surface area contributed by atoms with Crippen LogP contribution in [0.4, 0.5) is 4.79 Å². The largest absolute Gasteiger partial charge is 0.468 e. The van der Waals surface area contributed by atoms with Crippen LogP contribution in [0.2, 0.25) is 0 Å². The summed E-state index contributed by atoms with van der Waals surface area (Å²) in [5, 5.41) is 5.38. The normalized spacial score (nSPS) is 18.8. The van der Waals surface area contributed by atoms with Gasteiger partial charge in [0.15, 0.2) is 0 Å². The Balaban J connectivity index is 1.53. The highest BCUT2D eigenvalue weighted by Crippen LogP contribution is 2.36. The van der Waals surface area contributed by atoms with E-state index in [4.69, 9.17) is 4.74 Å². The summed E-state index contributed by atoms with van der Waals surface area (Å²) >= 11 is 0. The van der Waals surface area contributed by atoms with Crippen molar-refractivity contribution in [2.45, 2.75) is 24.7 Å². The number of urea groups is 1. The highest BCUT2D eigenvalue weighted by molar-refractivity contribution is 5.83. The Hall–Kier alpha value is -2.87. The van der Waals surface area contributed by atoms with Gasteiger partial charge >= 0.3 is 12.0 Å². The average Bonchev–Trinajstić information content (AvgIpc) is 2.78. The molecule has 1 saturated heterocycles. The molecule has 1 N–H and O–H groups in total. The van der Waals surface area contributed by atoms with Crippen LogP contribution in [0.25, 0.3) is 0 Å². The number of carbonyl (C=O) groups is 3. The second kappa shape index (κ2) is 9.56. The summed E-state index contributed by atoms with van der Waals surface area (Å²) in [6.07, 6.45) is 6.19. The van der Waals surface area contributed by atoms with Gasteiger partial charge in [0.1, 0.15) is 0 Å². The van der Waals surface area contributed by atoms with Gasteiger partial charge in [-0.3, -0.25) is 14.6 Å². The van der Waals surface area contributed by atoms with E-state index in [1.807, 2.05) is 30.3 Å². The maximum atomic E-state index is 12.6. The smallest absolute Gasteiger partial charge is 0.340 e. The molecule has 1 fully saturated rings. The molecule has 1 aromatic carbocycles. The summed E-state index contributed by atoms with van der Waals surface area (Å²) in [5.41, 5.74) is 0.405. The van der Waals surface area contributed by atoms with E-state index in [-0.39, 0.29) is 12.0 Å². The van der Waals surface area contributed by atoms with Gasteiger partial charge in [-0.2, -0.15) is 0 Å². The highest BCUT2D eigenvalue weighted by Gasteiger charge is 2.43. The summed E-state index contributed by atoms with van der Waals surface area (Å²) in [6, 6.07) is 9.53. The van der Waals surface area contributed by atoms with Gasteiger partial charge < -0.3 is 15.0 Å². The molecule has 1 aromatic rings. The van der Waals surface area contributed by atoms with Crippen molar-refractivity contribution in [2.75, 3.05) is 39.8 Å². The summed E-state index contributed by atoms with van der Waals surface area (Å²) in [5.74, 6) is -0.181. The fourth-order valence-corrected chi connectivity index (χ4v) is 4.07. The third-order valence-electron chi connectivity index (χ3n) is 5.74. The molecule has 0 aromatic heterocycles. The predicted molar refractivity (Wildman–Crippen MR) is 108 cm³/mol. The summed E-state index contributed by atoms with van der Waals surface area (Å²) < 4.78 is 5.14. The average molecular weight is 400 g/mol. The Morgan fingerprint density at radius 3 is 2.62 bits per heavy atom. The zero-order valence-corrected chi connectivity index (χ0v) is 16.8. The van der Waals surface area contributed by atoms with E-state index in [2.05, 4.69) is 10.2 Å². The Bertz CT molecular complexity index is 744. The lowest BCUT2D eigenvalue weighted by molar-refractivity contribution is -0.149.